The van der Waals surface area contributed by atoms with E-state index in [2.05, 4.69) is 15.4 Å². The second-order valence-corrected chi connectivity index (χ2v) is 8.10. The summed E-state index contributed by atoms with van der Waals surface area (Å²) in [5.74, 6) is 0.241. The van der Waals surface area contributed by atoms with Gasteiger partial charge in [0.1, 0.15) is 17.5 Å². The summed E-state index contributed by atoms with van der Waals surface area (Å²) >= 11 is 0. The first-order chi connectivity index (χ1) is 15.1. The van der Waals surface area contributed by atoms with Crippen LogP contribution in [0.4, 0.5) is 25.2 Å². The number of urea groups is 1. The first-order valence-corrected chi connectivity index (χ1v) is 10.7. The molecule has 2 saturated heterocycles. The number of piperidine rings is 1. The summed E-state index contributed by atoms with van der Waals surface area (Å²) in [6, 6.07) is 6.75. The van der Waals surface area contributed by atoms with E-state index >= 15 is 0 Å². The highest BCUT2D eigenvalue weighted by molar-refractivity contribution is 5.88. The summed E-state index contributed by atoms with van der Waals surface area (Å²) in [5.41, 5.74) is 0.939. The Balaban J connectivity index is 1.43. The average Bonchev–Trinajstić information content (AvgIpc) is 3.43. The van der Waals surface area contributed by atoms with Gasteiger partial charge in [0.05, 0.1) is 12.2 Å². The van der Waals surface area contributed by atoms with E-state index in [4.69, 9.17) is 0 Å². The Hall–Kier alpha value is -3.23. The fraction of sp³-hybridized carbons (Fsp3) is 0.409. The zero-order chi connectivity index (χ0) is 21.4. The molecule has 5 rings (SSSR count). The first kappa shape index (κ1) is 19.7. The molecular weight excluding hydrogens is 402 g/mol. The van der Waals surface area contributed by atoms with E-state index in [-0.39, 0.29) is 12.1 Å². The van der Waals surface area contributed by atoms with Crippen molar-refractivity contribution in [3.8, 4) is 0 Å². The van der Waals surface area contributed by atoms with Gasteiger partial charge in [-0.3, -0.25) is 5.32 Å². The van der Waals surface area contributed by atoms with Crippen molar-refractivity contribution in [2.24, 2.45) is 0 Å². The Bertz CT molecular complexity index is 1110. The molecule has 2 amide bonds. The lowest BCUT2D eigenvalue weighted by Crippen LogP contribution is -2.39. The van der Waals surface area contributed by atoms with Crippen molar-refractivity contribution in [2.75, 3.05) is 29.9 Å². The van der Waals surface area contributed by atoms with Crippen LogP contribution in [0.3, 0.4) is 0 Å². The number of carbonyl (C=O) groups is 1. The largest absolute Gasteiger partial charge is 0.348 e. The fourth-order valence-electron chi connectivity index (χ4n) is 4.52. The number of benzene rings is 1. The van der Waals surface area contributed by atoms with Crippen molar-refractivity contribution in [2.45, 2.75) is 38.1 Å². The van der Waals surface area contributed by atoms with Crippen molar-refractivity contribution in [3.05, 3.63) is 53.7 Å². The van der Waals surface area contributed by atoms with E-state index in [1.165, 1.54) is 12.1 Å². The molecule has 1 N–H and O–H groups in total. The number of halogens is 2. The molecule has 9 heteroatoms. The lowest BCUT2D eigenvalue weighted by atomic mass is 10.0. The van der Waals surface area contributed by atoms with Gasteiger partial charge in [-0.2, -0.15) is 4.52 Å². The number of carbonyl (C=O) groups excluding carboxylic acids is 1. The average molecular weight is 426 g/mol. The van der Waals surface area contributed by atoms with Gasteiger partial charge >= 0.3 is 6.03 Å². The van der Waals surface area contributed by atoms with E-state index in [1.807, 2.05) is 17.0 Å². The predicted octanol–water partition coefficient (Wildman–Crippen LogP) is 4.37. The van der Waals surface area contributed by atoms with Crippen LogP contribution in [0.25, 0.3) is 5.65 Å². The number of rotatable bonds is 3. The number of hydrogen-bond donors (Lipinski definition) is 1. The molecule has 2 aromatic heterocycles. The molecule has 1 aromatic carbocycles. The van der Waals surface area contributed by atoms with Gasteiger partial charge in [-0.1, -0.05) is 0 Å². The second-order valence-electron chi connectivity index (χ2n) is 8.10. The summed E-state index contributed by atoms with van der Waals surface area (Å²) in [5, 5.41) is 7.58. The van der Waals surface area contributed by atoms with Gasteiger partial charge in [-0.15, -0.1) is 5.10 Å². The zero-order valence-corrected chi connectivity index (χ0v) is 17.1. The number of amides is 2. The molecule has 2 fully saturated rings. The topological polar surface area (TPSA) is 65.8 Å². The summed E-state index contributed by atoms with van der Waals surface area (Å²) in [6.45, 7) is 2.18. The van der Waals surface area contributed by atoms with Crippen LogP contribution in [-0.2, 0) is 0 Å². The Morgan fingerprint density at radius 2 is 1.87 bits per heavy atom. The van der Waals surface area contributed by atoms with Crippen molar-refractivity contribution in [1.82, 2.24) is 19.5 Å². The summed E-state index contributed by atoms with van der Waals surface area (Å²) in [7, 11) is 0. The zero-order valence-electron chi connectivity index (χ0n) is 17.1. The minimum atomic E-state index is -0.455. The number of hydrogen-bond acceptors (Lipinski definition) is 4. The quantitative estimate of drug-likeness (QED) is 0.676. The van der Waals surface area contributed by atoms with Crippen LogP contribution in [0, 0.1) is 11.6 Å². The summed E-state index contributed by atoms with van der Waals surface area (Å²) in [4.78, 5) is 20.7. The molecule has 7 nitrogen and oxygen atoms in total. The van der Waals surface area contributed by atoms with Gasteiger partial charge in [0.25, 0.3) is 0 Å². The molecule has 0 radical (unpaired) electrons. The fourth-order valence-corrected chi connectivity index (χ4v) is 4.52. The summed E-state index contributed by atoms with van der Waals surface area (Å²) < 4.78 is 29.8. The molecule has 2 aliphatic rings. The molecule has 162 valence electrons. The molecule has 4 heterocycles. The predicted molar refractivity (Wildman–Crippen MR) is 113 cm³/mol. The SMILES string of the molecule is O=C(Nc1cnc2ccc(N3CCCC3c3cc(F)ccc3F)nn12)N1CCCCC1. The highest BCUT2D eigenvalue weighted by Gasteiger charge is 2.30. The van der Waals surface area contributed by atoms with Gasteiger partial charge in [0.15, 0.2) is 11.5 Å². The van der Waals surface area contributed by atoms with Crippen LogP contribution >= 0.6 is 0 Å². The lowest BCUT2D eigenvalue weighted by molar-refractivity contribution is 0.200. The number of aromatic nitrogens is 3. The van der Waals surface area contributed by atoms with Crippen molar-refractivity contribution < 1.29 is 13.6 Å². The van der Waals surface area contributed by atoms with Crippen molar-refractivity contribution in [3.63, 3.8) is 0 Å². The highest BCUT2D eigenvalue weighted by Crippen LogP contribution is 2.36. The van der Waals surface area contributed by atoms with E-state index in [9.17, 15) is 13.6 Å². The van der Waals surface area contributed by atoms with Crippen molar-refractivity contribution in [1.29, 1.82) is 0 Å². The van der Waals surface area contributed by atoms with E-state index < -0.39 is 11.6 Å². The van der Waals surface area contributed by atoms with E-state index in [0.717, 1.165) is 44.8 Å². The number of nitrogens with zero attached hydrogens (tertiary/aromatic N) is 5. The standard InChI is InChI=1S/C22H24F2N6O/c23-15-6-7-17(24)16(13-15)18-5-4-12-29(18)20-9-8-19-25-14-21(30(19)27-20)26-22(31)28-10-2-1-3-11-28/h6-9,13-14,18H,1-5,10-12H2,(H,26,31). The van der Waals surface area contributed by atoms with Crippen LogP contribution < -0.4 is 10.2 Å². The van der Waals surface area contributed by atoms with Crippen LogP contribution in [0.1, 0.15) is 43.7 Å². The van der Waals surface area contributed by atoms with Crippen LogP contribution in [0.15, 0.2) is 36.5 Å². The Labute approximate surface area is 178 Å². The normalized spacial score (nSPS) is 19.2. The molecular formula is C22H24F2N6O. The molecule has 0 bridgehead atoms. The molecule has 3 aromatic rings. The molecule has 0 saturated carbocycles. The Morgan fingerprint density at radius 1 is 1.03 bits per heavy atom. The first-order valence-electron chi connectivity index (χ1n) is 10.7. The molecule has 1 unspecified atom stereocenters. The smallest absolute Gasteiger partial charge is 0.323 e. The number of anilines is 2. The maximum Gasteiger partial charge on any atom is 0.323 e. The third-order valence-electron chi connectivity index (χ3n) is 6.09. The van der Waals surface area contributed by atoms with E-state index in [0.29, 0.717) is 35.8 Å². The minimum Gasteiger partial charge on any atom is -0.348 e. The lowest BCUT2D eigenvalue weighted by Gasteiger charge is -2.27. The number of nitrogens with one attached hydrogen (secondary N) is 1. The maximum atomic E-state index is 14.4. The van der Waals surface area contributed by atoms with Crippen molar-refractivity contribution >= 4 is 23.3 Å². The third-order valence-corrected chi connectivity index (χ3v) is 6.09. The van der Waals surface area contributed by atoms with Gasteiger partial charge in [-0.25, -0.2) is 18.6 Å². The van der Waals surface area contributed by atoms with Gasteiger partial charge in [0, 0.05) is 25.2 Å². The minimum absolute atomic E-state index is 0.158. The van der Waals surface area contributed by atoms with Gasteiger partial charge < -0.3 is 9.80 Å². The van der Waals surface area contributed by atoms with Gasteiger partial charge in [-0.05, 0) is 62.4 Å². The number of imidazole rings is 1. The number of fused-ring (bicyclic) bond motifs is 1. The van der Waals surface area contributed by atoms with E-state index in [1.54, 1.807) is 15.6 Å². The molecule has 1 atom stereocenters. The number of likely N-dealkylation sites (tertiary alicyclic amines) is 1. The Kier molecular flexibility index (Phi) is 5.17. The highest BCUT2D eigenvalue weighted by atomic mass is 19.1. The maximum absolute atomic E-state index is 14.4. The molecule has 31 heavy (non-hydrogen) atoms. The molecule has 0 aliphatic carbocycles. The third kappa shape index (κ3) is 3.80. The summed E-state index contributed by atoms with van der Waals surface area (Å²) in [6.07, 6.45) is 6.31. The molecule has 0 spiro atoms. The van der Waals surface area contributed by atoms with Crippen LogP contribution in [0.5, 0.6) is 0 Å². The van der Waals surface area contributed by atoms with Gasteiger partial charge in [0.2, 0.25) is 0 Å². The van der Waals surface area contributed by atoms with Crippen LogP contribution in [0.2, 0.25) is 0 Å². The van der Waals surface area contributed by atoms with Crippen LogP contribution in [-0.4, -0.2) is 45.2 Å². The molecule has 2 aliphatic heterocycles. The second kappa shape index (κ2) is 8.13. The monoisotopic (exact) mass is 426 g/mol. The Morgan fingerprint density at radius 3 is 2.71 bits per heavy atom.